The van der Waals surface area contributed by atoms with Gasteiger partial charge in [0.15, 0.2) is 0 Å². The van der Waals surface area contributed by atoms with Crippen molar-refractivity contribution in [3.8, 4) is 0 Å². The number of fused-ring (bicyclic) bond motifs is 1. The van der Waals surface area contributed by atoms with Gasteiger partial charge in [-0.05, 0) is 69.7 Å². The lowest BCUT2D eigenvalue weighted by atomic mass is 9.86. The molecule has 3 saturated heterocycles. The van der Waals surface area contributed by atoms with Gasteiger partial charge in [-0.1, -0.05) is 6.07 Å². The van der Waals surface area contributed by atoms with E-state index in [1.165, 1.54) is 6.26 Å². The number of likely N-dealkylation sites (tertiary alicyclic amines) is 1. The zero-order valence-corrected chi connectivity index (χ0v) is 28.4. The van der Waals surface area contributed by atoms with Gasteiger partial charge in [0.2, 0.25) is 5.95 Å². The van der Waals surface area contributed by atoms with Crippen LogP contribution in [0.25, 0.3) is 10.8 Å². The third-order valence-electron chi connectivity index (χ3n) is 9.27. The largest absolute Gasteiger partial charge is 0.444 e. The van der Waals surface area contributed by atoms with Crippen LogP contribution in [-0.2, 0) is 19.3 Å². The van der Waals surface area contributed by atoms with E-state index in [0.29, 0.717) is 37.2 Å². The molecule has 3 aromatic rings. The summed E-state index contributed by atoms with van der Waals surface area (Å²) in [6, 6.07) is 8.22. The molecule has 0 unspecified atom stereocenters. The number of nitrogens with zero attached hydrogens (tertiary/aromatic N) is 6. The highest BCUT2D eigenvalue weighted by Gasteiger charge is 2.39. The quantitative estimate of drug-likeness (QED) is 0.367. The fourth-order valence-corrected chi connectivity index (χ4v) is 7.81. The summed E-state index contributed by atoms with van der Waals surface area (Å²) in [5.74, 6) is 2.40. The average Bonchev–Trinajstić information content (AvgIpc) is 2.97. The summed E-state index contributed by atoms with van der Waals surface area (Å²) in [4.78, 5) is 32.9. The Morgan fingerprint density at radius 2 is 1.78 bits per heavy atom. The van der Waals surface area contributed by atoms with E-state index < -0.39 is 15.4 Å². The van der Waals surface area contributed by atoms with Gasteiger partial charge < -0.3 is 29.5 Å². The Morgan fingerprint density at radius 1 is 1.04 bits per heavy atom. The highest BCUT2D eigenvalue weighted by Crippen LogP contribution is 2.41. The van der Waals surface area contributed by atoms with Crippen molar-refractivity contribution < 1.29 is 22.7 Å². The molecule has 2 atom stereocenters. The van der Waals surface area contributed by atoms with E-state index in [1.807, 2.05) is 33.0 Å². The van der Waals surface area contributed by atoms with Crippen LogP contribution < -0.4 is 15.1 Å². The van der Waals surface area contributed by atoms with Gasteiger partial charge in [0, 0.05) is 87.4 Å². The number of benzene rings is 1. The maximum Gasteiger partial charge on any atom is 0.410 e. The van der Waals surface area contributed by atoms with Gasteiger partial charge in [-0.2, -0.15) is 4.98 Å². The number of hydrogen-bond acceptors (Lipinski definition) is 11. The number of methoxy groups -OCH3 is 1. The molecular formula is C33H45N7O5S. The normalized spacial score (nSPS) is 21.2. The molecule has 3 fully saturated rings. The number of ether oxygens (including phenoxy) is 2. The van der Waals surface area contributed by atoms with E-state index in [2.05, 4.69) is 45.2 Å². The zero-order valence-electron chi connectivity index (χ0n) is 27.6. The van der Waals surface area contributed by atoms with E-state index in [1.54, 1.807) is 18.2 Å². The van der Waals surface area contributed by atoms with Crippen LogP contribution in [0.1, 0.15) is 52.0 Å². The number of piperidine rings is 1. The molecule has 0 aliphatic carbocycles. The van der Waals surface area contributed by atoms with E-state index in [9.17, 15) is 13.2 Å². The first-order valence-corrected chi connectivity index (χ1v) is 18.1. The van der Waals surface area contributed by atoms with Crippen LogP contribution in [0.2, 0.25) is 0 Å². The predicted molar refractivity (Wildman–Crippen MR) is 180 cm³/mol. The van der Waals surface area contributed by atoms with Gasteiger partial charge >= 0.3 is 6.09 Å². The monoisotopic (exact) mass is 651 g/mol. The van der Waals surface area contributed by atoms with Gasteiger partial charge in [-0.25, -0.2) is 23.2 Å². The van der Waals surface area contributed by atoms with Crippen molar-refractivity contribution in [3.05, 3.63) is 42.2 Å². The van der Waals surface area contributed by atoms with E-state index >= 15 is 0 Å². The number of aromatic nitrogens is 3. The molecule has 3 aliphatic rings. The summed E-state index contributed by atoms with van der Waals surface area (Å²) in [5, 5.41) is 5.42. The number of amides is 1. The summed E-state index contributed by atoms with van der Waals surface area (Å²) in [7, 11) is -1.30. The van der Waals surface area contributed by atoms with Crippen LogP contribution in [0.4, 0.5) is 28.1 Å². The highest BCUT2D eigenvalue weighted by molar-refractivity contribution is 7.90. The smallest absolute Gasteiger partial charge is 0.410 e. The number of sulfone groups is 1. The number of anilines is 4. The third kappa shape index (κ3) is 7.00. The molecule has 3 aliphatic heterocycles. The number of nitrogens with one attached hydrogen (secondary N) is 1. The Balaban J connectivity index is 1.27. The second-order valence-electron chi connectivity index (χ2n) is 13.9. The first-order valence-electron chi connectivity index (χ1n) is 16.0. The Hall–Kier alpha value is -3.71. The molecule has 2 aromatic heterocycles. The SMILES string of the molecule is COC1CCN(c2nccc(Nc3cc4c(C5CN(C(=O)OC(C)(C)C)C5)ccc(N5C[C@H](CS(C)(=O)=O)[C@H]5C)c4cn3)n2)CC1. The van der Waals surface area contributed by atoms with Crippen molar-refractivity contribution in [3.63, 3.8) is 0 Å². The maximum atomic E-state index is 12.7. The minimum Gasteiger partial charge on any atom is -0.444 e. The topological polar surface area (TPSA) is 130 Å². The standard InChI is InChI=1S/C33H45N7O5S/c1-21-23(20-46(6,42)43)19-40(21)28-8-7-25(22-17-39(18-22)32(41)45-33(2,3)4)26-15-30(35-16-27(26)28)36-29-9-12-34-31(37-29)38-13-10-24(44-5)11-14-38/h7-9,12,15-16,21-24H,10-11,13-14,17-20H2,1-6H3,(H,34,35,36,37)/t21-,23-/m1/s1. The molecule has 0 bridgehead atoms. The molecule has 0 spiro atoms. The van der Waals surface area contributed by atoms with Crippen LogP contribution in [0.3, 0.4) is 0 Å². The van der Waals surface area contributed by atoms with Crippen LogP contribution in [0, 0.1) is 5.92 Å². The third-order valence-corrected chi connectivity index (χ3v) is 10.3. The van der Waals surface area contributed by atoms with Crippen LogP contribution >= 0.6 is 0 Å². The number of carbonyl (C=O) groups excluding carboxylic acids is 1. The summed E-state index contributed by atoms with van der Waals surface area (Å²) in [5.41, 5.74) is 1.61. The maximum absolute atomic E-state index is 12.7. The van der Waals surface area contributed by atoms with Crippen molar-refractivity contribution in [2.45, 2.75) is 64.2 Å². The molecule has 1 N–H and O–H groups in total. The Morgan fingerprint density at radius 3 is 2.43 bits per heavy atom. The molecule has 13 heteroatoms. The number of hydrogen-bond donors (Lipinski definition) is 1. The molecule has 0 radical (unpaired) electrons. The highest BCUT2D eigenvalue weighted by atomic mass is 32.2. The predicted octanol–water partition coefficient (Wildman–Crippen LogP) is 4.59. The number of rotatable bonds is 8. The van der Waals surface area contributed by atoms with E-state index in [-0.39, 0.29) is 35.8 Å². The number of pyridine rings is 1. The van der Waals surface area contributed by atoms with Crippen LogP contribution in [0.15, 0.2) is 36.7 Å². The molecule has 5 heterocycles. The van der Waals surface area contributed by atoms with Gasteiger partial charge in [0.1, 0.15) is 27.1 Å². The Labute approximate surface area is 271 Å². The average molecular weight is 652 g/mol. The lowest BCUT2D eigenvalue weighted by molar-refractivity contribution is 0.00829. The first kappa shape index (κ1) is 32.2. The number of carbonyl (C=O) groups is 1. The lowest BCUT2D eigenvalue weighted by Gasteiger charge is -2.48. The summed E-state index contributed by atoms with van der Waals surface area (Å²) in [6.45, 7) is 11.2. The fourth-order valence-electron chi connectivity index (χ4n) is 6.65. The molecule has 6 rings (SSSR count). The van der Waals surface area contributed by atoms with E-state index in [0.717, 1.165) is 48.0 Å². The molecule has 1 aromatic carbocycles. The van der Waals surface area contributed by atoms with Crippen molar-refractivity contribution >= 4 is 50.0 Å². The molecular weight excluding hydrogens is 606 g/mol. The summed E-state index contributed by atoms with van der Waals surface area (Å²) >= 11 is 0. The van der Waals surface area contributed by atoms with Gasteiger partial charge in [-0.15, -0.1) is 0 Å². The Bertz CT molecular complexity index is 1700. The van der Waals surface area contributed by atoms with Crippen molar-refractivity contribution in [1.82, 2.24) is 19.9 Å². The van der Waals surface area contributed by atoms with Crippen LogP contribution in [0.5, 0.6) is 0 Å². The van der Waals surface area contributed by atoms with Crippen molar-refractivity contribution in [2.24, 2.45) is 5.92 Å². The molecule has 1 amide bonds. The lowest BCUT2D eigenvalue weighted by Crippen LogP contribution is -2.57. The molecule has 12 nitrogen and oxygen atoms in total. The second-order valence-corrected chi connectivity index (χ2v) is 16.1. The van der Waals surface area contributed by atoms with Crippen molar-refractivity contribution in [1.29, 1.82) is 0 Å². The minimum atomic E-state index is -3.06. The van der Waals surface area contributed by atoms with Gasteiger partial charge in [0.05, 0.1) is 11.9 Å². The zero-order chi connectivity index (χ0) is 32.8. The van der Waals surface area contributed by atoms with Crippen LogP contribution in [-0.4, -0.2) is 104 Å². The van der Waals surface area contributed by atoms with E-state index in [4.69, 9.17) is 19.4 Å². The fraction of sp³-hybridized carbons (Fsp3) is 0.576. The van der Waals surface area contributed by atoms with Gasteiger partial charge in [0.25, 0.3) is 0 Å². The summed E-state index contributed by atoms with van der Waals surface area (Å²) in [6.07, 6.45) is 6.79. The second kappa shape index (κ2) is 12.5. The molecule has 0 saturated carbocycles. The van der Waals surface area contributed by atoms with Crippen molar-refractivity contribution in [2.75, 3.05) is 67.0 Å². The van der Waals surface area contributed by atoms with Gasteiger partial charge in [-0.3, -0.25) is 0 Å². The summed E-state index contributed by atoms with van der Waals surface area (Å²) < 4.78 is 35.1. The minimum absolute atomic E-state index is 0.0832. The molecule has 248 valence electrons. The Kier molecular flexibility index (Phi) is 8.75. The first-order chi connectivity index (χ1) is 21.8. The molecule has 46 heavy (non-hydrogen) atoms.